The number of carboxylic acids is 1. The first kappa shape index (κ1) is 17.6. The molecule has 1 fully saturated rings. The van der Waals surface area contributed by atoms with Gasteiger partial charge in [0.05, 0.1) is 4.88 Å². The third-order valence-corrected chi connectivity index (χ3v) is 5.72. The lowest BCUT2D eigenvalue weighted by Gasteiger charge is -2.41. The molecule has 0 radical (unpaired) electrons. The van der Waals surface area contributed by atoms with Crippen LogP contribution in [0.2, 0.25) is 0 Å². The van der Waals surface area contributed by atoms with Crippen molar-refractivity contribution in [3.63, 3.8) is 0 Å². The van der Waals surface area contributed by atoms with E-state index in [0.717, 1.165) is 24.1 Å². The Bertz CT molecular complexity index is 735. The van der Waals surface area contributed by atoms with Gasteiger partial charge in [-0.3, -0.25) is 4.79 Å². The maximum Gasteiger partial charge on any atom is 0.329 e. The fraction of sp³-hybridized carbons (Fsp3) is 0.529. The molecule has 1 amide bonds. The highest BCUT2D eigenvalue weighted by Gasteiger charge is 2.45. The van der Waals surface area contributed by atoms with E-state index in [-0.39, 0.29) is 12.3 Å². The molecule has 2 aromatic heterocycles. The molecule has 0 aromatic carbocycles. The predicted molar refractivity (Wildman–Crippen MR) is 92.2 cm³/mol. The molecule has 2 aromatic rings. The van der Waals surface area contributed by atoms with E-state index >= 15 is 0 Å². The van der Waals surface area contributed by atoms with Gasteiger partial charge in [0, 0.05) is 19.9 Å². The average Bonchev–Trinajstić information content (AvgIpc) is 3.30. The van der Waals surface area contributed by atoms with Crippen molar-refractivity contribution in [2.45, 2.75) is 50.5 Å². The van der Waals surface area contributed by atoms with Crippen molar-refractivity contribution in [2.75, 3.05) is 7.05 Å². The van der Waals surface area contributed by atoms with Gasteiger partial charge in [-0.05, 0) is 24.3 Å². The van der Waals surface area contributed by atoms with E-state index in [1.54, 1.807) is 7.05 Å². The van der Waals surface area contributed by atoms with Crippen molar-refractivity contribution in [1.29, 1.82) is 0 Å². The summed E-state index contributed by atoms with van der Waals surface area (Å²) in [5, 5.41) is 15.5. The lowest BCUT2D eigenvalue weighted by atomic mass is 9.80. The molecular weight excluding hydrogens is 342 g/mol. The van der Waals surface area contributed by atoms with Gasteiger partial charge in [0.2, 0.25) is 17.6 Å². The maximum absolute atomic E-state index is 12.5. The Hall–Kier alpha value is -2.22. The SMILES string of the molecule is CN(C(=O)CCc1nc(-c2cccs2)no1)C1(C(=O)O)CCCCC1. The third kappa shape index (κ3) is 3.58. The number of amides is 1. The Kier molecular flexibility index (Phi) is 5.17. The highest BCUT2D eigenvalue weighted by molar-refractivity contribution is 7.13. The summed E-state index contributed by atoms with van der Waals surface area (Å²) in [7, 11) is 1.59. The smallest absolute Gasteiger partial charge is 0.329 e. The van der Waals surface area contributed by atoms with E-state index in [1.807, 2.05) is 17.5 Å². The van der Waals surface area contributed by atoms with Crippen LogP contribution in [0.25, 0.3) is 10.7 Å². The minimum absolute atomic E-state index is 0.150. The molecule has 2 heterocycles. The molecule has 1 N–H and O–H groups in total. The molecule has 134 valence electrons. The van der Waals surface area contributed by atoms with E-state index < -0.39 is 11.5 Å². The summed E-state index contributed by atoms with van der Waals surface area (Å²) in [6.45, 7) is 0. The number of nitrogens with zero attached hydrogens (tertiary/aromatic N) is 3. The number of carboxylic acid groups (broad SMARTS) is 1. The summed E-state index contributed by atoms with van der Waals surface area (Å²) >= 11 is 1.51. The lowest BCUT2D eigenvalue weighted by molar-refractivity contribution is -0.160. The Morgan fingerprint density at radius 1 is 1.36 bits per heavy atom. The zero-order valence-electron chi connectivity index (χ0n) is 14.1. The first-order valence-corrected chi connectivity index (χ1v) is 9.27. The molecular formula is C17H21N3O4S. The van der Waals surface area contributed by atoms with Crippen LogP contribution in [-0.2, 0) is 16.0 Å². The van der Waals surface area contributed by atoms with Crippen molar-refractivity contribution in [3.8, 4) is 10.7 Å². The Morgan fingerprint density at radius 2 is 2.12 bits per heavy atom. The zero-order chi connectivity index (χ0) is 17.9. The van der Waals surface area contributed by atoms with Gasteiger partial charge in [-0.15, -0.1) is 11.3 Å². The second-order valence-corrected chi connectivity index (χ2v) is 7.29. The number of likely N-dealkylation sites (N-methyl/N-ethyl adjacent to an activating group) is 1. The summed E-state index contributed by atoms with van der Waals surface area (Å²) in [5.74, 6) is -0.223. The summed E-state index contributed by atoms with van der Waals surface area (Å²) in [5.41, 5.74) is -1.08. The topological polar surface area (TPSA) is 96.5 Å². The molecule has 25 heavy (non-hydrogen) atoms. The van der Waals surface area contributed by atoms with Crippen LogP contribution in [0, 0.1) is 0 Å². The lowest BCUT2D eigenvalue weighted by Crippen LogP contribution is -2.56. The number of thiophene rings is 1. The average molecular weight is 363 g/mol. The number of hydrogen-bond donors (Lipinski definition) is 1. The van der Waals surface area contributed by atoms with Crippen LogP contribution in [0.4, 0.5) is 0 Å². The van der Waals surface area contributed by atoms with Crippen molar-refractivity contribution >= 4 is 23.2 Å². The first-order chi connectivity index (χ1) is 12.0. The van der Waals surface area contributed by atoms with Gasteiger partial charge < -0.3 is 14.5 Å². The highest BCUT2D eigenvalue weighted by atomic mass is 32.1. The molecule has 0 aliphatic heterocycles. The summed E-state index contributed by atoms with van der Waals surface area (Å²) < 4.78 is 5.20. The molecule has 0 spiro atoms. The second kappa shape index (κ2) is 7.35. The molecule has 7 nitrogen and oxygen atoms in total. The van der Waals surface area contributed by atoms with Crippen molar-refractivity contribution in [3.05, 3.63) is 23.4 Å². The van der Waals surface area contributed by atoms with Gasteiger partial charge >= 0.3 is 5.97 Å². The van der Waals surface area contributed by atoms with Gasteiger partial charge in [-0.1, -0.05) is 30.5 Å². The monoisotopic (exact) mass is 363 g/mol. The second-order valence-electron chi connectivity index (χ2n) is 6.34. The quantitative estimate of drug-likeness (QED) is 0.847. The van der Waals surface area contributed by atoms with Crippen LogP contribution in [-0.4, -0.2) is 44.6 Å². The number of aryl methyl sites for hydroxylation is 1. The van der Waals surface area contributed by atoms with Crippen molar-refractivity contribution in [2.24, 2.45) is 0 Å². The molecule has 0 atom stereocenters. The maximum atomic E-state index is 12.5. The minimum atomic E-state index is -1.08. The van der Waals surface area contributed by atoms with Crippen LogP contribution >= 0.6 is 11.3 Å². The van der Waals surface area contributed by atoms with E-state index in [1.165, 1.54) is 16.2 Å². The fourth-order valence-electron chi connectivity index (χ4n) is 3.31. The molecule has 1 saturated carbocycles. The molecule has 1 aliphatic rings. The number of rotatable bonds is 6. The molecule has 8 heteroatoms. The predicted octanol–water partition coefficient (Wildman–Crippen LogP) is 2.98. The standard InChI is InChI=1S/C17H21N3O4S/c1-20(17(16(22)23)9-3-2-4-10-17)14(21)8-7-13-18-15(19-24-13)12-6-5-11-25-12/h5-6,11H,2-4,7-10H2,1H3,(H,22,23). The summed E-state index contributed by atoms with van der Waals surface area (Å²) in [6.07, 6.45) is 4.15. The summed E-state index contributed by atoms with van der Waals surface area (Å²) in [6, 6.07) is 3.81. The van der Waals surface area contributed by atoms with Crippen LogP contribution < -0.4 is 0 Å². The van der Waals surface area contributed by atoms with Crippen LogP contribution in [0.5, 0.6) is 0 Å². The van der Waals surface area contributed by atoms with Crippen LogP contribution in [0.15, 0.2) is 22.0 Å². The van der Waals surface area contributed by atoms with E-state index in [4.69, 9.17) is 4.52 Å². The third-order valence-electron chi connectivity index (χ3n) is 4.86. The number of carbonyl (C=O) groups is 2. The van der Waals surface area contributed by atoms with Gasteiger partial charge in [-0.25, -0.2) is 4.79 Å². The van der Waals surface area contributed by atoms with Gasteiger partial charge in [0.1, 0.15) is 5.54 Å². The van der Waals surface area contributed by atoms with Crippen molar-refractivity contribution < 1.29 is 19.2 Å². The first-order valence-electron chi connectivity index (χ1n) is 8.39. The van der Waals surface area contributed by atoms with Gasteiger partial charge in [-0.2, -0.15) is 4.98 Å². The van der Waals surface area contributed by atoms with Gasteiger partial charge in [0.15, 0.2) is 0 Å². The molecule has 3 rings (SSSR count). The number of carbonyl (C=O) groups excluding carboxylic acids is 1. The van der Waals surface area contributed by atoms with E-state index in [9.17, 15) is 14.7 Å². The normalized spacial score (nSPS) is 16.5. The van der Waals surface area contributed by atoms with E-state index in [0.29, 0.717) is 31.0 Å². The zero-order valence-corrected chi connectivity index (χ0v) is 14.9. The number of hydrogen-bond acceptors (Lipinski definition) is 6. The minimum Gasteiger partial charge on any atom is -0.479 e. The summed E-state index contributed by atoms with van der Waals surface area (Å²) in [4.78, 5) is 30.9. The highest BCUT2D eigenvalue weighted by Crippen LogP contribution is 2.33. The van der Waals surface area contributed by atoms with Crippen LogP contribution in [0.3, 0.4) is 0 Å². The number of aliphatic carboxylic acids is 1. The molecule has 0 bridgehead atoms. The van der Waals surface area contributed by atoms with E-state index in [2.05, 4.69) is 10.1 Å². The van der Waals surface area contributed by atoms with Crippen molar-refractivity contribution in [1.82, 2.24) is 15.0 Å². The van der Waals surface area contributed by atoms with Gasteiger partial charge in [0.25, 0.3) is 0 Å². The molecule has 0 unspecified atom stereocenters. The largest absolute Gasteiger partial charge is 0.479 e. The Morgan fingerprint density at radius 3 is 2.76 bits per heavy atom. The number of aromatic nitrogens is 2. The Balaban J connectivity index is 1.62. The molecule has 1 aliphatic carbocycles. The fourth-order valence-corrected chi connectivity index (χ4v) is 3.96. The Labute approximate surface area is 149 Å². The van der Waals surface area contributed by atoms with Crippen LogP contribution in [0.1, 0.15) is 44.4 Å². The molecule has 0 saturated heterocycles.